The van der Waals surface area contributed by atoms with E-state index < -0.39 is 0 Å². The summed E-state index contributed by atoms with van der Waals surface area (Å²) in [6.45, 7) is 0. The fourth-order valence-electron chi connectivity index (χ4n) is 3.16. The van der Waals surface area contributed by atoms with E-state index in [1.807, 2.05) is 48.7 Å². The van der Waals surface area contributed by atoms with Crippen LogP contribution in [0.15, 0.2) is 52.4 Å². The standard InChI is InChI=1S/C18H15N3O2S/c1-24-18-20-16-15(17(23)21-18)13(9-14(22)19-16)12-7-6-10-4-2-3-5-11(10)8-12/h2-8,13H,9H2,1H3,(H2,19,20,21,22,23)/t13-/m0/s1. The zero-order valence-corrected chi connectivity index (χ0v) is 13.8. The van der Waals surface area contributed by atoms with Gasteiger partial charge in [0.05, 0.1) is 5.56 Å². The number of nitrogens with one attached hydrogen (secondary N) is 2. The monoisotopic (exact) mass is 337 g/mol. The number of carbonyl (C=O) groups is 1. The predicted molar refractivity (Wildman–Crippen MR) is 95.7 cm³/mol. The van der Waals surface area contributed by atoms with Crippen LogP contribution in [0.5, 0.6) is 0 Å². The average Bonchev–Trinajstić information content (AvgIpc) is 2.60. The molecule has 2 aromatic carbocycles. The Balaban J connectivity index is 1.89. The fraction of sp³-hybridized carbons (Fsp3) is 0.167. The first kappa shape index (κ1) is 15.0. The molecular weight excluding hydrogens is 322 g/mol. The molecule has 0 saturated heterocycles. The summed E-state index contributed by atoms with van der Waals surface area (Å²) in [5.41, 5.74) is 1.29. The van der Waals surface area contributed by atoms with Crippen LogP contribution in [-0.4, -0.2) is 22.1 Å². The number of amides is 1. The molecule has 24 heavy (non-hydrogen) atoms. The number of hydrogen-bond donors (Lipinski definition) is 2. The number of nitrogens with zero attached hydrogens (tertiary/aromatic N) is 1. The Labute approximate surface area is 142 Å². The maximum Gasteiger partial charge on any atom is 0.257 e. The molecule has 0 saturated carbocycles. The third-order valence-electron chi connectivity index (χ3n) is 4.30. The van der Waals surface area contributed by atoms with E-state index in [0.29, 0.717) is 16.5 Å². The number of fused-ring (bicyclic) bond motifs is 2. The van der Waals surface area contributed by atoms with Crippen LogP contribution in [-0.2, 0) is 4.79 Å². The van der Waals surface area contributed by atoms with Gasteiger partial charge in [-0.1, -0.05) is 54.2 Å². The zero-order chi connectivity index (χ0) is 16.7. The van der Waals surface area contributed by atoms with Crippen LogP contribution < -0.4 is 10.9 Å². The van der Waals surface area contributed by atoms with E-state index in [1.165, 1.54) is 11.8 Å². The molecule has 2 heterocycles. The normalized spacial score (nSPS) is 16.7. The van der Waals surface area contributed by atoms with Crippen molar-refractivity contribution in [1.29, 1.82) is 0 Å². The van der Waals surface area contributed by atoms with Crippen LogP contribution >= 0.6 is 11.8 Å². The fourth-order valence-corrected chi connectivity index (χ4v) is 3.53. The summed E-state index contributed by atoms with van der Waals surface area (Å²) in [4.78, 5) is 31.8. The van der Waals surface area contributed by atoms with Gasteiger partial charge in [0, 0.05) is 12.3 Å². The molecule has 1 amide bonds. The Bertz CT molecular complexity index is 1010. The van der Waals surface area contributed by atoms with E-state index in [1.54, 1.807) is 0 Å². The Morgan fingerprint density at radius 3 is 2.71 bits per heavy atom. The number of benzene rings is 2. The quantitative estimate of drug-likeness (QED) is 0.556. The first-order valence-corrected chi connectivity index (χ1v) is 8.85. The van der Waals surface area contributed by atoms with Crippen molar-refractivity contribution >= 4 is 34.3 Å². The number of rotatable bonds is 2. The SMILES string of the molecule is CSc1nc2c(c(=O)[nH]1)[C@H](c1ccc3ccccc3c1)CC(=O)N2. The molecule has 1 atom stereocenters. The van der Waals surface area contributed by atoms with E-state index in [-0.39, 0.29) is 23.8 Å². The lowest BCUT2D eigenvalue weighted by Gasteiger charge is -2.24. The second kappa shape index (κ2) is 5.79. The first-order valence-electron chi connectivity index (χ1n) is 7.62. The van der Waals surface area contributed by atoms with Crippen molar-refractivity contribution in [1.82, 2.24) is 9.97 Å². The van der Waals surface area contributed by atoms with Gasteiger partial charge in [-0.15, -0.1) is 0 Å². The minimum atomic E-state index is -0.287. The smallest absolute Gasteiger partial charge is 0.257 e. The van der Waals surface area contributed by atoms with Gasteiger partial charge in [-0.25, -0.2) is 4.98 Å². The number of carbonyl (C=O) groups excluding carboxylic acids is 1. The van der Waals surface area contributed by atoms with Crippen LogP contribution in [0, 0.1) is 0 Å². The molecule has 1 aliphatic rings. The van der Waals surface area contributed by atoms with Crippen LogP contribution in [0.3, 0.4) is 0 Å². The van der Waals surface area contributed by atoms with Crippen molar-refractivity contribution in [3.63, 3.8) is 0 Å². The van der Waals surface area contributed by atoms with E-state index >= 15 is 0 Å². The maximum atomic E-state index is 12.5. The first-order chi connectivity index (χ1) is 11.7. The van der Waals surface area contributed by atoms with E-state index in [9.17, 15) is 9.59 Å². The Morgan fingerprint density at radius 1 is 1.12 bits per heavy atom. The van der Waals surface area contributed by atoms with Crippen LogP contribution in [0.4, 0.5) is 5.82 Å². The second-order valence-corrected chi connectivity index (χ2v) is 6.54. The van der Waals surface area contributed by atoms with Crippen molar-refractivity contribution in [3.8, 4) is 0 Å². The molecule has 0 bridgehead atoms. The lowest BCUT2D eigenvalue weighted by molar-refractivity contribution is -0.116. The number of aromatic nitrogens is 2. The number of anilines is 1. The molecular formula is C18H15N3O2S. The molecule has 6 heteroatoms. The van der Waals surface area contributed by atoms with E-state index in [2.05, 4.69) is 15.3 Å². The molecule has 120 valence electrons. The highest BCUT2D eigenvalue weighted by atomic mass is 32.2. The highest BCUT2D eigenvalue weighted by Gasteiger charge is 2.30. The van der Waals surface area contributed by atoms with Gasteiger partial charge in [-0.3, -0.25) is 9.59 Å². The molecule has 2 N–H and O–H groups in total. The molecule has 0 fully saturated rings. The van der Waals surface area contributed by atoms with Gasteiger partial charge in [0.2, 0.25) is 5.91 Å². The van der Waals surface area contributed by atoms with Crippen molar-refractivity contribution < 1.29 is 4.79 Å². The van der Waals surface area contributed by atoms with Gasteiger partial charge in [0.25, 0.3) is 5.56 Å². The maximum absolute atomic E-state index is 12.5. The number of H-pyrrole nitrogens is 1. The molecule has 5 nitrogen and oxygen atoms in total. The number of hydrogen-bond acceptors (Lipinski definition) is 4. The van der Waals surface area contributed by atoms with Crippen LogP contribution in [0.2, 0.25) is 0 Å². The third kappa shape index (κ3) is 2.49. The predicted octanol–water partition coefficient (Wildman–Crippen LogP) is 3.12. The molecule has 1 aromatic heterocycles. The molecule has 3 aromatic rings. The Kier molecular flexibility index (Phi) is 3.61. The minimum Gasteiger partial charge on any atom is -0.310 e. The molecule has 0 radical (unpaired) electrons. The van der Waals surface area contributed by atoms with Gasteiger partial charge < -0.3 is 10.3 Å². The summed E-state index contributed by atoms with van der Waals surface area (Å²) in [6, 6.07) is 14.1. The van der Waals surface area contributed by atoms with E-state index in [4.69, 9.17) is 0 Å². The third-order valence-corrected chi connectivity index (χ3v) is 4.88. The van der Waals surface area contributed by atoms with E-state index in [0.717, 1.165) is 16.3 Å². The molecule has 0 aliphatic carbocycles. The Hall–Kier alpha value is -2.60. The number of thioether (sulfide) groups is 1. The van der Waals surface area contributed by atoms with Gasteiger partial charge in [-0.2, -0.15) is 0 Å². The van der Waals surface area contributed by atoms with Gasteiger partial charge >= 0.3 is 0 Å². The zero-order valence-electron chi connectivity index (χ0n) is 13.0. The van der Waals surface area contributed by atoms with Gasteiger partial charge in [-0.05, 0) is 22.6 Å². The summed E-state index contributed by atoms with van der Waals surface area (Å²) in [6.07, 6.45) is 2.07. The molecule has 1 aliphatic heterocycles. The van der Waals surface area contributed by atoms with Gasteiger partial charge in [0.1, 0.15) is 5.82 Å². The second-order valence-electron chi connectivity index (χ2n) is 5.75. The molecule has 0 spiro atoms. The van der Waals surface area contributed by atoms with Crippen molar-refractivity contribution in [2.45, 2.75) is 17.5 Å². The van der Waals surface area contributed by atoms with Crippen molar-refractivity contribution in [2.24, 2.45) is 0 Å². The summed E-state index contributed by atoms with van der Waals surface area (Å²) in [7, 11) is 0. The highest BCUT2D eigenvalue weighted by Crippen LogP contribution is 2.35. The largest absolute Gasteiger partial charge is 0.310 e. The van der Waals surface area contributed by atoms with Crippen molar-refractivity contribution in [3.05, 3.63) is 63.9 Å². The summed E-state index contributed by atoms with van der Waals surface area (Å²) < 4.78 is 0. The topological polar surface area (TPSA) is 74.8 Å². The molecule has 4 rings (SSSR count). The summed E-state index contributed by atoms with van der Waals surface area (Å²) in [5.74, 6) is -0.0335. The van der Waals surface area contributed by atoms with Crippen LogP contribution in [0.1, 0.15) is 23.5 Å². The van der Waals surface area contributed by atoms with Gasteiger partial charge in [0.15, 0.2) is 5.16 Å². The molecule has 0 unspecified atom stereocenters. The van der Waals surface area contributed by atoms with Crippen molar-refractivity contribution in [2.75, 3.05) is 11.6 Å². The highest BCUT2D eigenvalue weighted by molar-refractivity contribution is 7.98. The lowest BCUT2D eigenvalue weighted by Crippen LogP contribution is -2.31. The lowest BCUT2D eigenvalue weighted by atomic mass is 9.86. The minimum absolute atomic E-state index is 0.120. The number of aromatic amines is 1. The Morgan fingerprint density at radius 2 is 1.92 bits per heavy atom. The summed E-state index contributed by atoms with van der Waals surface area (Å²) >= 11 is 1.34. The van der Waals surface area contributed by atoms with Crippen LogP contribution in [0.25, 0.3) is 10.8 Å². The average molecular weight is 337 g/mol. The summed E-state index contributed by atoms with van der Waals surface area (Å²) in [5, 5.41) is 5.45.